The average Bonchev–Trinajstić information content (AvgIpc) is 3.62. The number of hydrogen-bond acceptors (Lipinski definition) is 11. The Bertz CT molecular complexity index is 1860. The van der Waals surface area contributed by atoms with E-state index in [0.717, 1.165) is 0 Å². The summed E-state index contributed by atoms with van der Waals surface area (Å²) < 4.78 is 25.0. The van der Waals surface area contributed by atoms with Crippen LogP contribution in [0.2, 0.25) is 0 Å². The molecule has 0 saturated carbocycles. The van der Waals surface area contributed by atoms with Crippen molar-refractivity contribution in [2.24, 2.45) is 0 Å². The number of H-pyrrole nitrogens is 1. The smallest absolute Gasteiger partial charge is 0.338 e. The van der Waals surface area contributed by atoms with Gasteiger partial charge < -0.3 is 24.7 Å². The van der Waals surface area contributed by atoms with Gasteiger partial charge in [0.2, 0.25) is 5.95 Å². The number of fused-ring (bicyclic) bond motifs is 1. The molecule has 2 aromatic heterocycles. The van der Waals surface area contributed by atoms with Gasteiger partial charge in [-0.05, 0) is 36.4 Å². The van der Waals surface area contributed by atoms with E-state index in [-0.39, 0.29) is 34.8 Å². The summed E-state index contributed by atoms with van der Waals surface area (Å²) >= 11 is 0. The first-order chi connectivity index (χ1) is 21.4. The van der Waals surface area contributed by atoms with E-state index in [2.05, 4.69) is 15.0 Å². The molecule has 3 aromatic carbocycles. The quantitative estimate of drug-likeness (QED) is 0.199. The molecule has 0 spiro atoms. The predicted octanol–water partition coefficient (Wildman–Crippen LogP) is 2.91. The van der Waals surface area contributed by atoms with Crippen molar-refractivity contribution in [2.45, 2.75) is 24.5 Å². The Morgan fingerprint density at radius 2 is 1.32 bits per heavy atom. The zero-order valence-corrected chi connectivity index (χ0v) is 22.9. The fourth-order valence-corrected chi connectivity index (χ4v) is 4.81. The second kappa shape index (κ2) is 12.2. The first-order valence-electron chi connectivity index (χ1n) is 13.5. The number of rotatable bonds is 8. The molecule has 0 bridgehead atoms. The van der Waals surface area contributed by atoms with Gasteiger partial charge in [-0.3, -0.25) is 14.3 Å². The van der Waals surface area contributed by atoms with Crippen LogP contribution in [0.3, 0.4) is 0 Å². The minimum absolute atomic E-state index is 0.0343. The van der Waals surface area contributed by atoms with E-state index in [1.165, 1.54) is 10.9 Å². The highest BCUT2D eigenvalue weighted by Crippen LogP contribution is 2.36. The standard InChI is InChI=1S/C31H25N5O8/c32-31-34-25-22(26(37)35-31)33-17-36(25)27-24(44-30(40)20-14-8-3-9-15-20)23(43-29(39)19-12-6-2-7-13-19)21(42-27)16-41-28(38)18-10-4-1-5-11-18/h1-15,17,21,23-24,27H,16H2,(H3,32,34,35,37)/t21-,23+,24+,27-/m1/s1. The molecule has 3 N–H and O–H groups in total. The molecule has 6 rings (SSSR count). The molecule has 5 aromatic rings. The van der Waals surface area contributed by atoms with Crippen molar-refractivity contribution >= 4 is 35.0 Å². The van der Waals surface area contributed by atoms with E-state index in [4.69, 9.17) is 24.7 Å². The van der Waals surface area contributed by atoms with E-state index in [0.29, 0.717) is 5.56 Å². The summed E-state index contributed by atoms with van der Waals surface area (Å²) in [6.45, 7) is -0.376. The SMILES string of the molecule is Nc1nc2c(ncn2[C@@H]2O[C@H](COC(=O)c3ccccc3)[C@H](OC(=O)c3ccccc3)[C@@H]2OC(=O)c2ccccc2)c(=O)[nH]1. The summed E-state index contributed by atoms with van der Waals surface area (Å²) in [7, 11) is 0. The van der Waals surface area contributed by atoms with Crippen molar-refractivity contribution in [2.75, 3.05) is 12.3 Å². The lowest BCUT2D eigenvalue weighted by Gasteiger charge is -2.25. The number of nitrogens with zero attached hydrogens (tertiary/aromatic N) is 3. The summed E-state index contributed by atoms with van der Waals surface area (Å²) in [6.07, 6.45) is -3.66. The summed E-state index contributed by atoms with van der Waals surface area (Å²) in [5, 5.41) is 0. The lowest BCUT2D eigenvalue weighted by Crippen LogP contribution is -2.41. The molecule has 0 radical (unpaired) electrons. The van der Waals surface area contributed by atoms with E-state index < -0.39 is 48.0 Å². The van der Waals surface area contributed by atoms with Crippen molar-refractivity contribution in [3.63, 3.8) is 0 Å². The molecule has 0 aliphatic carbocycles. The van der Waals surface area contributed by atoms with E-state index in [9.17, 15) is 19.2 Å². The van der Waals surface area contributed by atoms with Crippen molar-refractivity contribution in [3.8, 4) is 0 Å². The van der Waals surface area contributed by atoms with Gasteiger partial charge in [0.05, 0.1) is 23.0 Å². The second-order valence-corrected chi connectivity index (χ2v) is 9.78. The van der Waals surface area contributed by atoms with Gasteiger partial charge in [-0.2, -0.15) is 4.98 Å². The van der Waals surface area contributed by atoms with Gasteiger partial charge in [-0.25, -0.2) is 19.4 Å². The predicted molar refractivity (Wildman–Crippen MR) is 154 cm³/mol. The molecule has 0 unspecified atom stereocenters. The van der Waals surface area contributed by atoms with Crippen molar-refractivity contribution in [3.05, 3.63) is 124 Å². The van der Waals surface area contributed by atoms with Crippen LogP contribution in [0.4, 0.5) is 5.95 Å². The van der Waals surface area contributed by atoms with Gasteiger partial charge in [0.1, 0.15) is 12.7 Å². The number of carbonyl (C=O) groups excluding carboxylic acids is 3. The summed E-state index contributed by atoms with van der Waals surface area (Å²) in [5.74, 6) is -2.28. The van der Waals surface area contributed by atoms with Crippen LogP contribution in [0, 0.1) is 0 Å². The zero-order valence-electron chi connectivity index (χ0n) is 22.9. The highest BCUT2D eigenvalue weighted by molar-refractivity contribution is 5.91. The third kappa shape index (κ3) is 5.76. The minimum Gasteiger partial charge on any atom is -0.459 e. The Morgan fingerprint density at radius 1 is 0.795 bits per heavy atom. The average molecular weight is 596 g/mol. The van der Waals surface area contributed by atoms with Crippen molar-refractivity contribution < 1.29 is 33.3 Å². The number of aromatic nitrogens is 4. The number of benzene rings is 3. The number of imidazole rings is 1. The molecule has 44 heavy (non-hydrogen) atoms. The van der Waals surface area contributed by atoms with Crippen LogP contribution < -0.4 is 11.3 Å². The number of nitrogen functional groups attached to an aromatic ring is 1. The molecule has 13 heteroatoms. The molecule has 13 nitrogen and oxygen atoms in total. The number of ether oxygens (including phenoxy) is 4. The van der Waals surface area contributed by atoms with Crippen LogP contribution in [0.1, 0.15) is 37.3 Å². The monoisotopic (exact) mass is 595 g/mol. The Balaban J connectivity index is 1.39. The molecule has 1 saturated heterocycles. The third-order valence-corrected chi connectivity index (χ3v) is 6.90. The first-order valence-corrected chi connectivity index (χ1v) is 13.5. The molecular formula is C31H25N5O8. The van der Waals surface area contributed by atoms with Crippen LogP contribution in [-0.4, -0.2) is 62.3 Å². The molecule has 0 amide bonds. The lowest BCUT2D eigenvalue weighted by atomic mass is 10.1. The van der Waals surface area contributed by atoms with E-state index >= 15 is 0 Å². The summed E-state index contributed by atoms with van der Waals surface area (Å²) in [4.78, 5) is 62.6. The zero-order chi connectivity index (χ0) is 30.6. The fourth-order valence-electron chi connectivity index (χ4n) is 4.81. The Labute approximate surface area is 249 Å². The number of nitrogens with two attached hydrogens (primary N) is 1. The molecular weight excluding hydrogens is 570 g/mol. The first kappa shape index (κ1) is 28.3. The number of nitrogens with one attached hydrogen (secondary N) is 1. The Morgan fingerprint density at radius 3 is 1.89 bits per heavy atom. The highest BCUT2D eigenvalue weighted by atomic mass is 16.7. The largest absolute Gasteiger partial charge is 0.459 e. The van der Waals surface area contributed by atoms with Crippen molar-refractivity contribution in [1.29, 1.82) is 0 Å². The van der Waals surface area contributed by atoms with Crippen molar-refractivity contribution in [1.82, 2.24) is 19.5 Å². The van der Waals surface area contributed by atoms with Gasteiger partial charge >= 0.3 is 17.9 Å². The Kier molecular flexibility index (Phi) is 7.84. The molecule has 1 fully saturated rings. The number of carbonyl (C=O) groups is 3. The summed E-state index contributed by atoms with van der Waals surface area (Å²) in [6, 6.07) is 24.7. The minimum atomic E-state index is -1.31. The molecule has 3 heterocycles. The van der Waals surface area contributed by atoms with Gasteiger partial charge in [0, 0.05) is 0 Å². The van der Waals surface area contributed by atoms with Gasteiger partial charge in [0.15, 0.2) is 29.6 Å². The maximum Gasteiger partial charge on any atom is 0.338 e. The number of aromatic amines is 1. The highest BCUT2D eigenvalue weighted by Gasteiger charge is 2.52. The number of esters is 3. The second-order valence-electron chi connectivity index (χ2n) is 9.78. The molecule has 4 atom stereocenters. The van der Waals surface area contributed by atoms with Gasteiger partial charge in [-0.15, -0.1) is 0 Å². The van der Waals surface area contributed by atoms with Gasteiger partial charge in [0.25, 0.3) is 5.56 Å². The molecule has 1 aliphatic rings. The maximum atomic E-state index is 13.3. The maximum absolute atomic E-state index is 13.3. The van der Waals surface area contributed by atoms with E-state index in [1.54, 1.807) is 91.0 Å². The fraction of sp³-hybridized carbons (Fsp3) is 0.161. The Hall–Kier alpha value is -5.82. The molecule has 222 valence electrons. The topological polar surface area (TPSA) is 178 Å². The van der Waals surface area contributed by atoms with Crippen LogP contribution in [0.25, 0.3) is 11.2 Å². The number of anilines is 1. The third-order valence-electron chi connectivity index (χ3n) is 6.90. The molecule has 1 aliphatic heterocycles. The van der Waals surface area contributed by atoms with E-state index in [1.807, 2.05) is 0 Å². The van der Waals surface area contributed by atoms with Crippen LogP contribution in [0.5, 0.6) is 0 Å². The summed E-state index contributed by atoms with van der Waals surface area (Å²) in [5.41, 5.74) is 5.96. The lowest BCUT2D eigenvalue weighted by molar-refractivity contribution is -0.0606. The van der Waals surface area contributed by atoms with Crippen LogP contribution in [0.15, 0.2) is 102 Å². The van der Waals surface area contributed by atoms with Crippen LogP contribution >= 0.6 is 0 Å². The van der Waals surface area contributed by atoms with Gasteiger partial charge in [-0.1, -0.05) is 54.6 Å². The van der Waals surface area contributed by atoms with Crippen LogP contribution in [-0.2, 0) is 18.9 Å². The number of hydrogen-bond donors (Lipinski definition) is 2. The normalized spacial score (nSPS) is 19.4.